The molecule has 0 radical (unpaired) electrons. The second kappa shape index (κ2) is 14.0. The van der Waals surface area contributed by atoms with Gasteiger partial charge >= 0.3 is 0 Å². The molecule has 0 spiro atoms. The number of aromatic nitrogens is 2. The highest BCUT2D eigenvalue weighted by molar-refractivity contribution is 5.61. The summed E-state index contributed by atoms with van der Waals surface area (Å²) in [6.07, 6.45) is 17.0. The lowest BCUT2D eigenvalue weighted by molar-refractivity contribution is 0.330. The Labute approximate surface area is 185 Å². The molecule has 0 saturated heterocycles. The minimum absolute atomic E-state index is 0.0673. The number of unbranched alkanes of at least 4 members (excludes halogenated alkanes) is 7. The first-order chi connectivity index (χ1) is 15.0. The molecular weight excluding hydrogens is 397 g/mol. The first-order valence-electron chi connectivity index (χ1n) is 11.6. The van der Waals surface area contributed by atoms with Gasteiger partial charge in [0.1, 0.15) is 0 Å². The second-order valence-corrected chi connectivity index (χ2v) is 8.23. The summed E-state index contributed by atoms with van der Waals surface area (Å²) in [5.74, 6) is -1.61. The monoisotopic (exact) mass is 432 g/mol. The van der Waals surface area contributed by atoms with Crippen molar-refractivity contribution < 1.29 is 13.2 Å². The Bertz CT molecular complexity index is 801. The number of benzene rings is 1. The summed E-state index contributed by atoms with van der Waals surface area (Å²) >= 11 is 0. The SMILES string of the molecule is CCCCCCCC=Cc1ccc(-c2ncc(CCCCCC(C)F)cn2)c(F)c1F. The van der Waals surface area contributed by atoms with Crippen molar-refractivity contribution in [1.82, 2.24) is 9.97 Å². The number of halogens is 3. The minimum Gasteiger partial charge on any atom is -0.248 e. The second-order valence-electron chi connectivity index (χ2n) is 8.23. The maximum Gasteiger partial charge on any atom is 0.170 e. The average Bonchev–Trinajstić information content (AvgIpc) is 2.76. The topological polar surface area (TPSA) is 25.8 Å². The van der Waals surface area contributed by atoms with E-state index in [-0.39, 0.29) is 17.0 Å². The highest BCUT2D eigenvalue weighted by atomic mass is 19.2. The van der Waals surface area contributed by atoms with Gasteiger partial charge in [0.15, 0.2) is 17.5 Å². The fourth-order valence-electron chi connectivity index (χ4n) is 3.50. The Morgan fingerprint density at radius 2 is 1.61 bits per heavy atom. The molecular formula is C26H35F3N2. The number of nitrogens with zero attached hydrogens (tertiary/aromatic N) is 2. The van der Waals surface area contributed by atoms with Crippen molar-refractivity contribution in [3.63, 3.8) is 0 Å². The zero-order valence-electron chi connectivity index (χ0n) is 18.8. The van der Waals surface area contributed by atoms with Gasteiger partial charge in [0, 0.05) is 18.0 Å². The lowest BCUT2D eigenvalue weighted by Crippen LogP contribution is -1.98. The van der Waals surface area contributed by atoms with E-state index in [0.717, 1.165) is 50.5 Å². The zero-order valence-corrected chi connectivity index (χ0v) is 18.8. The van der Waals surface area contributed by atoms with Crippen molar-refractivity contribution >= 4 is 6.08 Å². The molecule has 0 aliphatic carbocycles. The van der Waals surface area contributed by atoms with Gasteiger partial charge in [-0.15, -0.1) is 0 Å². The van der Waals surface area contributed by atoms with Crippen LogP contribution in [-0.4, -0.2) is 16.1 Å². The molecule has 0 bridgehead atoms. The summed E-state index contributed by atoms with van der Waals surface area (Å²) in [6, 6.07) is 3.11. The van der Waals surface area contributed by atoms with E-state index >= 15 is 0 Å². The van der Waals surface area contributed by atoms with Gasteiger partial charge in [-0.3, -0.25) is 0 Å². The molecule has 0 fully saturated rings. The third-order valence-electron chi connectivity index (χ3n) is 5.40. The highest BCUT2D eigenvalue weighted by Gasteiger charge is 2.15. The summed E-state index contributed by atoms with van der Waals surface area (Å²) in [6.45, 7) is 3.76. The molecule has 2 rings (SSSR count). The zero-order chi connectivity index (χ0) is 22.5. The van der Waals surface area contributed by atoms with E-state index in [1.54, 1.807) is 31.5 Å². The normalized spacial score (nSPS) is 12.5. The molecule has 1 unspecified atom stereocenters. The van der Waals surface area contributed by atoms with Gasteiger partial charge in [0.2, 0.25) is 0 Å². The van der Waals surface area contributed by atoms with Crippen molar-refractivity contribution in [2.24, 2.45) is 0 Å². The fraction of sp³-hybridized carbons (Fsp3) is 0.538. The molecule has 31 heavy (non-hydrogen) atoms. The van der Waals surface area contributed by atoms with E-state index in [1.807, 2.05) is 6.08 Å². The average molecular weight is 433 g/mol. The van der Waals surface area contributed by atoms with Crippen LogP contribution in [0.15, 0.2) is 30.6 Å². The lowest BCUT2D eigenvalue weighted by atomic mass is 10.1. The smallest absolute Gasteiger partial charge is 0.170 e. The van der Waals surface area contributed by atoms with Crippen LogP contribution in [0.1, 0.15) is 89.2 Å². The number of allylic oxidation sites excluding steroid dienone is 1. The Balaban J connectivity index is 1.90. The largest absolute Gasteiger partial charge is 0.248 e. The van der Waals surface area contributed by atoms with Crippen LogP contribution in [0.3, 0.4) is 0 Å². The molecule has 1 heterocycles. The van der Waals surface area contributed by atoms with Crippen LogP contribution in [-0.2, 0) is 6.42 Å². The van der Waals surface area contributed by atoms with Crippen molar-refractivity contribution in [3.8, 4) is 11.4 Å². The van der Waals surface area contributed by atoms with Crippen LogP contribution in [0.5, 0.6) is 0 Å². The Kier molecular flexibility index (Phi) is 11.3. The van der Waals surface area contributed by atoms with Crippen LogP contribution in [0.25, 0.3) is 17.5 Å². The molecule has 0 aliphatic rings. The van der Waals surface area contributed by atoms with Gasteiger partial charge in [0.25, 0.3) is 0 Å². The van der Waals surface area contributed by atoms with Gasteiger partial charge in [-0.25, -0.2) is 23.1 Å². The van der Waals surface area contributed by atoms with Crippen LogP contribution in [0, 0.1) is 11.6 Å². The first-order valence-corrected chi connectivity index (χ1v) is 11.6. The molecule has 1 aromatic carbocycles. The molecule has 0 N–H and O–H groups in total. The number of alkyl halides is 1. The van der Waals surface area contributed by atoms with Gasteiger partial charge in [0.05, 0.1) is 11.7 Å². The molecule has 0 aliphatic heterocycles. The molecule has 0 amide bonds. The van der Waals surface area contributed by atoms with E-state index in [1.165, 1.54) is 25.3 Å². The third-order valence-corrected chi connectivity index (χ3v) is 5.40. The summed E-state index contributed by atoms with van der Waals surface area (Å²) in [5.41, 5.74) is 1.25. The molecule has 1 atom stereocenters. The fourth-order valence-corrected chi connectivity index (χ4v) is 3.50. The van der Waals surface area contributed by atoms with Gasteiger partial charge < -0.3 is 0 Å². The first kappa shape index (κ1) is 25.1. The minimum atomic E-state index is -0.918. The molecule has 2 aromatic rings. The molecule has 5 heteroatoms. The van der Waals surface area contributed by atoms with Crippen molar-refractivity contribution in [1.29, 1.82) is 0 Å². The van der Waals surface area contributed by atoms with Crippen LogP contribution in [0.4, 0.5) is 13.2 Å². The molecule has 0 saturated carbocycles. The van der Waals surface area contributed by atoms with Crippen molar-refractivity contribution in [2.45, 2.75) is 90.6 Å². The quantitative estimate of drug-likeness (QED) is 0.281. The summed E-state index contributed by atoms with van der Waals surface area (Å²) in [5, 5.41) is 0. The number of aryl methyl sites for hydroxylation is 1. The van der Waals surface area contributed by atoms with Gasteiger partial charge in [-0.1, -0.05) is 63.7 Å². The van der Waals surface area contributed by atoms with Crippen LogP contribution < -0.4 is 0 Å². The predicted molar refractivity (Wildman–Crippen MR) is 123 cm³/mol. The Hall–Kier alpha value is -2.17. The third kappa shape index (κ3) is 8.84. The predicted octanol–water partition coefficient (Wildman–Crippen LogP) is 8.26. The highest BCUT2D eigenvalue weighted by Crippen LogP contribution is 2.25. The summed E-state index contributed by atoms with van der Waals surface area (Å²) in [7, 11) is 0. The number of hydrogen-bond acceptors (Lipinski definition) is 2. The lowest BCUT2D eigenvalue weighted by Gasteiger charge is -2.07. The van der Waals surface area contributed by atoms with Gasteiger partial charge in [-0.2, -0.15) is 0 Å². The van der Waals surface area contributed by atoms with E-state index in [4.69, 9.17) is 0 Å². The summed E-state index contributed by atoms with van der Waals surface area (Å²) < 4.78 is 41.9. The molecule has 1 aromatic heterocycles. The maximum atomic E-state index is 14.6. The van der Waals surface area contributed by atoms with E-state index < -0.39 is 17.8 Å². The number of rotatable bonds is 14. The molecule has 2 nitrogen and oxygen atoms in total. The van der Waals surface area contributed by atoms with Gasteiger partial charge in [-0.05, 0) is 50.7 Å². The van der Waals surface area contributed by atoms with Crippen molar-refractivity contribution in [3.05, 3.63) is 53.4 Å². The van der Waals surface area contributed by atoms with Crippen LogP contribution >= 0.6 is 0 Å². The van der Waals surface area contributed by atoms with E-state index in [2.05, 4.69) is 16.9 Å². The van der Waals surface area contributed by atoms with E-state index in [9.17, 15) is 13.2 Å². The van der Waals surface area contributed by atoms with Crippen molar-refractivity contribution in [2.75, 3.05) is 0 Å². The summed E-state index contributed by atoms with van der Waals surface area (Å²) in [4.78, 5) is 8.45. The Morgan fingerprint density at radius 1 is 0.903 bits per heavy atom. The standard InChI is InChI=1S/C26H35F3N2/c1-3-4-5-6-7-8-12-15-22-16-17-23(25(29)24(22)28)26-30-18-21(19-31-26)14-11-9-10-13-20(2)27/h12,15-20H,3-11,13-14H2,1-2H3. The Morgan fingerprint density at radius 3 is 2.32 bits per heavy atom. The van der Waals surface area contributed by atoms with E-state index in [0.29, 0.717) is 6.42 Å². The molecule has 170 valence electrons. The number of hydrogen-bond donors (Lipinski definition) is 0. The van der Waals surface area contributed by atoms with Crippen LogP contribution in [0.2, 0.25) is 0 Å². The maximum absolute atomic E-state index is 14.6.